The van der Waals surface area contributed by atoms with Crippen molar-refractivity contribution in [2.24, 2.45) is 5.92 Å². The highest BCUT2D eigenvalue weighted by atomic mass is 16.2. The molecule has 2 saturated carbocycles. The third-order valence-corrected chi connectivity index (χ3v) is 6.54. The molecule has 0 atom stereocenters. The third kappa shape index (κ3) is 5.95. The van der Waals surface area contributed by atoms with E-state index in [0.717, 1.165) is 30.6 Å². The van der Waals surface area contributed by atoms with Crippen molar-refractivity contribution in [1.29, 1.82) is 0 Å². The van der Waals surface area contributed by atoms with Crippen molar-refractivity contribution in [2.75, 3.05) is 12.4 Å². The summed E-state index contributed by atoms with van der Waals surface area (Å²) in [6.07, 6.45) is 8.54. The SMILES string of the molecule is CN(Cc1ccccc1CNC(=O)c1ccc(NC(=O)C2CC2)cc1)C1CCCCC1. The van der Waals surface area contributed by atoms with Crippen LogP contribution in [0.25, 0.3) is 0 Å². The lowest BCUT2D eigenvalue weighted by atomic mass is 9.94. The number of amides is 2. The molecule has 2 aromatic rings. The van der Waals surface area contributed by atoms with Gasteiger partial charge in [-0.25, -0.2) is 0 Å². The van der Waals surface area contributed by atoms with Crippen LogP contribution in [-0.2, 0) is 17.9 Å². The van der Waals surface area contributed by atoms with Gasteiger partial charge >= 0.3 is 0 Å². The number of rotatable bonds is 8. The maximum atomic E-state index is 12.6. The molecule has 0 spiro atoms. The Morgan fingerprint density at radius 3 is 2.26 bits per heavy atom. The fourth-order valence-corrected chi connectivity index (χ4v) is 4.38. The Morgan fingerprint density at radius 1 is 0.903 bits per heavy atom. The van der Waals surface area contributed by atoms with E-state index in [1.165, 1.54) is 37.7 Å². The normalized spacial score (nSPS) is 16.8. The van der Waals surface area contributed by atoms with Gasteiger partial charge in [-0.1, -0.05) is 43.5 Å². The Hall–Kier alpha value is -2.66. The predicted molar refractivity (Wildman–Crippen MR) is 124 cm³/mol. The van der Waals surface area contributed by atoms with Gasteiger partial charge in [0.15, 0.2) is 0 Å². The van der Waals surface area contributed by atoms with E-state index >= 15 is 0 Å². The van der Waals surface area contributed by atoms with Gasteiger partial charge in [0.05, 0.1) is 0 Å². The first-order valence-electron chi connectivity index (χ1n) is 11.6. The molecule has 5 heteroatoms. The summed E-state index contributed by atoms with van der Waals surface area (Å²) in [7, 11) is 2.22. The topological polar surface area (TPSA) is 61.4 Å². The van der Waals surface area contributed by atoms with E-state index in [9.17, 15) is 9.59 Å². The quantitative estimate of drug-likeness (QED) is 0.650. The molecule has 164 valence electrons. The molecular weight excluding hydrogens is 386 g/mol. The molecular formula is C26H33N3O2. The van der Waals surface area contributed by atoms with Crippen molar-refractivity contribution < 1.29 is 9.59 Å². The van der Waals surface area contributed by atoms with Crippen LogP contribution in [0.5, 0.6) is 0 Å². The van der Waals surface area contributed by atoms with Crippen molar-refractivity contribution >= 4 is 17.5 Å². The van der Waals surface area contributed by atoms with Gasteiger partial charge < -0.3 is 10.6 Å². The first kappa shape index (κ1) is 21.6. The molecule has 4 rings (SSSR count). The molecule has 2 fully saturated rings. The molecule has 2 aliphatic rings. The summed E-state index contributed by atoms with van der Waals surface area (Å²) in [4.78, 5) is 27.0. The van der Waals surface area contributed by atoms with Crippen LogP contribution in [0.2, 0.25) is 0 Å². The van der Waals surface area contributed by atoms with Gasteiger partial charge in [-0.3, -0.25) is 14.5 Å². The standard InChI is InChI=1S/C26H33N3O2/c1-29(24-9-3-2-4-10-24)18-22-8-6-5-7-21(22)17-27-25(30)19-13-15-23(16-14-19)28-26(31)20-11-12-20/h5-8,13-16,20,24H,2-4,9-12,17-18H2,1H3,(H,27,30)(H,28,31). The van der Waals surface area contributed by atoms with Crippen LogP contribution in [0, 0.1) is 5.92 Å². The van der Waals surface area contributed by atoms with Gasteiger partial charge in [-0.2, -0.15) is 0 Å². The van der Waals surface area contributed by atoms with Gasteiger partial charge in [-0.05, 0) is 68.1 Å². The highest BCUT2D eigenvalue weighted by Gasteiger charge is 2.29. The first-order valence-corrected chi connectivity index (χ1v) is 11.6. The summed E-state index contributed by atoms with van der Waals surface area (Å²) in [6, 6.07) is 16.1. The lowest BCUT2D eigenvalue weighted by Crippen LogP contribution is -2.33. The number of nitrogens with one attached hydrogen (secondary N) is 2. The Balaban J connectivity index is 1.32. The van der Waals surface area contributed by atoms with Crippen LogP contribution >= 0.6 is 0 Å². The largest absolute Gasteiger partial charge is 0.348 e. The van der Waals surface area contributed by atoms with Crippen LogP contribution in [0.4, 0.5) is 5.69 Å². The van der Waals surface area contributed by atoms with Crippen LogP contribution < -0.4 is 10.6 Å². The van der Waals surface area contributed by atoms with Crippen LogP contribution in [0.3, 0.4) is 0 Å². The summed E-state index contributed by atoms with van der Waals surface area (Å²) < 4.78 is 0. The molecule has 0 aromatic heterocycles. The summed E-state index contributed by atoms with van der Waals surface area (Å²) in [6.45, 7) is 1.42. The summed E-state index contributed by atoms with van der Waals surface area (Å²) >= 11 is 0. The molecule has 2 aromatic carbocycles. The summed E-state index contributed by atoms with van der Waals surface area (Å²) in [5.74, 6) is 0.141. The fourth-order valence-electron chi connectivity index (χ4n) is 4.38. The Bertz CT molecular complexity index is 899. The Morgan fingerprint density at radius 2 is 1.58 bits per heavy atom. The average Bonchev–Trinajstić information content (AvgIpc) is 3.65. The number of hydrogen-bond donors (Lipinski definition) is 2. The first-order chi connectivity index (χ1) is 15.1. The van der Waals surface area contributed by atoms with E-state index < -0.39 is 0 Å². The summed E-state index contributed by atoms with van der Waals surface area (Å²) in [5.41, 5.74) is 3.77. The molecule has 2 aliphatic carbocycles. The second kappa shape index (κ2) is 10.1. The number of anilines is 1. The van der Waals surface area contributed by atoms with Crippen LogP contribution in [0.15, 0.2) is 48.5 Å². The maximum absolute atomic E-state index is 12.6. The second-order valence-electron chi connectivity index (χ2n) is 9.00. The second-order valence-corrected chi connectivity index (χ2v) is 9.00. The zero-order valence-corrected chi connectivity index (χ0v) is 18.4. The average molecular weight is 420 g/mol. The van der Waals surface area contributed by atoms with Gasteiger partial charge in [-0.15, -0.1) is 0 Å². The lowest BCUT2D eigenvalue weighted by Gasteiger charge is -2.31. The molecule has 31 heavy (non-hydrogen) atoms. The number of carbonyl (C=O) groups excluding carboxylic acids is 2. The third-order valence-electron chi connectivity index (χ3n) is 6.54. The van der Waals surface area contributed by atoms with Crippen molar-refractivity contribution in [3.63, 3.8) is 0 Å². The smallest absolute Gasteiger partial charge is 0.251 e. The lowest BCUT2D eigenvalue weighted by molar-refractivity contribution is -0.117. The van der Waals surface area contributed by atoms with Gasteiger partial charge in [0.1, 0.15) is 0 Å². The van der Waals surface area contributed by atoms with Crippen LogP contribution in [0.1, 0.15) is 66.4 Å². The van der Waals surface area contributed by atoms with E-state index in [1.807, 2.05) is 6.07 Å². The Labute approximate surface area is 185 Å². The van der Waals surface area contributed by atoms with Gasteiger partial charge in [0.25, 0.3) is 5.91 Å². The van der Waals surface area contributed by atoms with E-state index in [4.69, 9.17) is 0 Å². The molecule has 0 unspecified atom stereocenters. The monoisotopic (exact) mass is 419 g/mol. The highest BCUT2D eigenvalue weighted by molar-refractivity contribution is 5.96. The zero-order valence-electron chi connectivity index (χ0n) is 18.4. The van der Waals surface area contributed by atoms with Crippen LogP contribution in [-0.4, -0.2) is 29.8 Å². The molecule has 0 aliphatic heterocycles. The van der Waals surface area contributed by atoms with Gasteiger partial charge in [0, 0.05) is 36.3 Å². The molecule has 2 amide bonds. The maximum Gasteiger partial charge on any atom is 0.251 e. The number of carbonyl (C=O) groups is 2. The minimum Gasteiger partial charge on any atom is -0.348 e. The summed E-state index contributed by atoms with van der Waals surface area (Å²) in [5, 5.41) is 5.96. The minimum atomic E-state index is -0.101. The van der Waals surface area contributed by atoms with E-state index in [2.05, 4.69) is 40.8 Å². The number of benzene rings is 2. The van der Waals surface area contributed by atoms with E-state index in [-0.39, 0.29) is 17.7 Å². The van der Waals surface area contributed by atoms with Gasteiger partial charge in [0.2, 0.25) is 5.91 Å². The van der Waals surface area contributed by atoms with E-state index in [1.54, 1.807) is 24.3 Å². The highest BCUT2D eigenvalue weighted by Crippen LogP contribution is 2.30. The van der Waals surface area contributed by atoms with Crippen molar-refractivity contribution in [3.8, 4) is 0 Å². The van der Waals surface area contributed by atoms with E-state index in [0.29, 0.717) is 18.2 Å². The predicted octanol–water partition coefficient (Wildman–Crippen LogP) is 4.73. The minimum absolute atomic E-state index is 0.0759. The molecule has 0 saturated heterocycles. The molecule has 0 bridgehead atoms. The molecule has 0 heterocycles. The molecule has 5 nitrogen and oxygen atoms in total. The zero-order chi connectivity index (χ0) is 21.6. The van der Waals surface area contributed by atoms with Crippen molar-refractivity contribution in [1.82, 2.24) is 10.2 Å². The van der Waals surface area contributed by atoms with Crippen molar-refractivity contribution in [2.45, 2.75) is 64.1 Å². The fraction of sp³-hybridized carbons (Fsp3) is 0.462. The Kier molecular flexibility index (Phi) is 7.03. The molecule has 0 radical (unpaired) electrons. The molecule has 2 N–H and O–H groups in total. The van der Waals surface area contributed by atoms with Crippen molar-refractivity contribution in [3.05, 3.63) is 65.2 Å². The number of nitrogens with zero attached hydrogens (tertiary/aromatic N) is 1. The number of hydrogen-bond acceptors (Lipinski definition) is 3.